The van der Waals surface area contributed by atoms with E-state index in [1.54, 1.807) is 12.3 Å². The normalized spacial score (nSPS) is 11.3. The second kappa shape index (κ2) is 7.67. The Kier molecular flexibility index (Phi) is 4.89. The highest BCUT2D eigenvalue weighted by Gasteiger charge is 2.16. The number of aromatic amines is 1. The van der Waals surface area contributed by atoms with Crippen molar-refractivity contribution in [3.63, 3.8) is 0 Å². The van der Waals surface area contributed by atoms with E-state index in [4.69, 9.17) is 5.73 Å². The van der Waals surface area contributed by atoms with Crippen LogP contribution in [0.1, 0.15) is 21.5 Å². The Morgan fingerprint density at radius 2 is 1.83 bits per heavy atom. The molecule has 0 saturated carbocycles. The molecule has 0 aliphatic rings. The van der Waals surface area contributed by atoms with Crippen LogP contribution in [-0.2, 0) is 4.79 Å². The lowest BCUT2D eigenvalue weighted by atomic mass is 10.0. The van der Waals surface area contributed by atoms with Crippen molar-refractivity contribution in [1.29, 1.82) is 0 Å². The third-order valence-corrected chi connectivity index (χ3v) is 4.45. The zero-order valence-electron chi connectivity index (χ0n) is 15.4. The summed E-state index contributed by atoms with van der Waals surface area (Å²) in [5.41, 5.74) is 7.55. The fourth-order valence-corrected chi connectivity index (χ4v) is 2.96. The van der Waals surface area contributed by atoms with Crippen molar-refractivity contribution < 1.29 is 18.4 Å². The molecule has 0 saturated heterocycles. The van der Waals surface area contributed by atoms with Crippen molar-refractivity contribution in [3.05, 3.63) is 89.3 Å². The van der Waals surface area contributed by atoms with Gasteiger partial charge >= 0.3 is 0 Å². The Morgan fingerprint density at radius 1 is 1.07 bits per heavy atom. The van der Waals surface area contributed by atoms with E-state index in [-0.39, 0.29) is 11.1 Å². The topological polar surface area (TPSA) is 102 Å². The number of nitrogens with one attached hydrogen (secondary N) is 1. The van der Waals surface area contributed by atoms with Crippen molar-refractivity contribution in [2.24, 2.45) is 5.73 Å². The number of halogens is 2. The standard InChI is InChI=1S/C22H14F2N4O2/c23-15-5-1-12(2-6-15)21(30)16-7-3-13(9-17(16)24)18-11-27-22-20(28-18)14(10-26-22)4-8-19(25)29/h1-11H,(H2,25,29)(H,26,27). The van der Waals surface area contributed by atoms with Crippen LogP contribution in [-0.4, -0.2) is 26.6 Å². The molecule has 2 aromatic heterocycles. The van der Waals surface area contributed by atoms with Crippen LogP contribution in [0.2, 0.25) is 0 Å². The first-order valence-electron chi connectivity index (χ1n) is 8.84. The maximum atomic E-state index is 14.7. The number of hydrogen-bond acceptors (Lipinski definition) is 4. The van der Waals surface area contributed by atoms with Gasteiger partial charge in [0, 0.05) is 29.0 Å². The van der Waals surface area contributed by atoms with E-state index >= 15 is 0 Å². The largest absolute Gasteiger partial charge is 0.366 e. The molecule has 0 aliphatic heterocycles. The number of amides is 1. The van der Waals surface area contributed by atoms with Gasteiger partial charge in [-0.3, -0.25) is 9.59 Å². The van der Waals surface area contributed by atoms with Gasteiger partial charge in [0.2, 0.25) is 5.91 Å². The lowest BCUT2D eigenvalue weighted by Gasteiger charge is -2.06. The number of fused-ring (bicyclic) bond motifs is 1. The second-order valence-corrected chi connectivity index (χ2v) is 6.46. The monoisotopic (exact) mass is 404 g/mol. The van der Waals surface area contributed by atoms with E-state index in [1.165, 1.54) is 42.6 Å². The first-order chi connectivity index (χ1) is 14.4. The van der Waals surface area contributed by atoms with E-state index in [2.05, 4.69) is 15.0 Å². The summed E-state index contributed by atoms with van der Waals surface area (Å²) in [6, 6.07) is 9.00. The van der Waals surface area contributed by atoms with Gasteiger partial charge in [-0.15, -0.1) is 0 Å². The van der Waals surface area contributed by atoms with Crippen molar-refractivity contribution >= 4 is 28.9 Å². The van der Waals surface area contributed by atoms with Crippen LogP contribution in [0.4, 0.5) is 8.78 Å². The highest BCUT2D eigenvalue weighted by molar-refractivity contribution is 6.09. The fraction of sp³-hybridized carbons (Fsp3) is 0. The second-order valence-electron chi connectivity index (χ2n) is 6.46. The van der Waals surface area contributed by atoms with Crippen LogP contribution in [0.3, 0.4) is 0 Å². The Bertz CT molecular complexity index is 1310. The number of carbonyl (C=O) groups excluding carboxylic acids is 2. The number of benzene rings is 2. The third-order valence-electron chi connectivity index (χ3n) is 4.45. The molecule has 0 aliphatic carbocycles. The Balaban J connectivity index is 1.69. The maximum absolute atomic E-state index is 14.7. The van der Waals surface area contributed by atoms with Crippen LogP contribution in [0, 0.1) is 11.6 Å². The number of H-pyrrole nitrogens is 1. The number of nitrogens with two attached hydrogens (primary N) is 1. The predicted molar refractivity (Wildman–Crippen MR) is 107 cm³/mol. The maximum Gasteiger partial charge on any atom is 0.241 e. The average Bonchev–Trinajstić information content (AvgIpc) is 3.14. The van der Waals surface area contributed by atoms with E-state index in [0.717, 1.165) is 12.1 Å². The minimum absolute atomic E-state index is 0.133. The lowest BCUT2D eigenvalue weighted by molar-refractivity contribution is -0.113. The zero-order valence-corrected chi connectivity index (χ0v) is 15.4. The van der Waals surface area contributed by atoms with Gasteiger partial charge in [0.25, 0.3) is 0 Å². The molecule has 0 radical (unpaired) electrons. The third kappa shape index (κ3) is 3.70. The molecule has 6 nitrogen and oxygen atoms in total. The van der Waals surface area contributed by atoms with Crippen LogP contribution in [0.25, 0.3) is 28.5 Å². The SMILES string of the molecule is NC(=O)C=Cc1c[nH]c2ncc(-c3ccc(C(=O)c4ccc(F)cc4)c(F)c3)nc12. The van der Waals surface area contributed by atoms with Gasteiger partial charge in [-0.05, 0) is 42.5 Å². The lowest BCUT2D eigenvalue weighted by Crippen LogP contribution is -2.05. The molecule has 0 atom stereocenters. The highest BCUT2D eigenvalue weighted by Crippen LogP contribution is 2.24. The molecule has 4 aromatic rings. The highest BCUT2D eigenvalue weighted by atomic mass is 19.1. The fourth-order valence-electron chi connectivity index (χ4n) is 2.96. The van der Waals surface area contributed by atoms with E-state index in [9.17, 15) is 18.4 Å². The van der Waals surface area contributed by atoms with Crippen molar-refractivity contribution in [2.75, 3.05) is 0 Å². The molecule has 1 amide bonds. The smallest absolute Gasteiger partial charge is 0.241 e. The van der Waals surface area contributed by atoms with Crippen molar-refractivity contribution in [3.8, 4) is 11.3 Å². The summed E-state index contributed by atoms with van der Waals surface area (Å²) in [4.78, 5) is 35.1. The summed E-state index contributed by atoms with van der Waals surface area (Å²) in [7, 11) is 0. The first-order valence-corrected chi connectivity index (χ1v) is 8.84. The number of hydrogen-bond donors (Lipinski definition) is 2. The molecule has 148 valence electrons. The summed E-state index contributed by atoms with van der Waals surface area (Å²) in [6.07, 6.45) is 5.80. The van der Waals surface area contributed by atoms with E-state index in [1.807, 2.05) is 0 Å². The van der Waals surface area contributed by atoms with Gasteiger partial charge in [-0.25, -0.2) is 18.7 Å². The Labute approximate surface area is 169 Å². The van der Waals surface area contributed by atoms with Crippen molar-refractivity contribution in [1.82, 2.24) is 15.0 Å². The van der Waals surface area contributed by atoms with Gasteiger partial charge in [-0.2, -0.15) is 0 Å². The first kappa shape index (κ1) is 19.1. The number of nitrogens with zero attached hydrogens (tertiary/aromatic N) is 2. The summed E-state index contributed by atoms with van der Waals surface area (Å²) < 4.78 is 27.7. The van der Waals surface area contributed by atoms with Crippen LogP contribution in [0.5, 0.6) is 0 Å². The molecule has 8 heteroatoms. The number of carbonyl (C=O) groups is 2. The van der Waals surface area contributed by atoms with Crippen molar-refractivity contribution in [2.45, 2.75) is 0 Å². The Hall–Kier alpha value is -4.20. The summed E-state index contributed by atoms with van der Waals surface area (Å²) >= 11 is 0. The summed E-state index contributed by atoms with van der Waals surface area (Å²) in [5, 5.41) is 0. The molecule has 0 fully saturated rings. The molecule has 2 aromatic carbocycles. The minimum Gasteiger partial charge on any atom is -0.366 e. The molecule has 0 spiro atoms. The van der Waals surface area contributed by atoms with E-state index in [0.29, 0.717) is 28.0 Å². The summed E-state index contributed by atoms with van der Waals surface area (Å²) in [6.45, 7) is 0. The molecular formula is C22H14F2N4O2. The molecular weight excluding hydrogens is 390 g/mol. The molecule has 4 rings (SSSR count). The van der Waals surface area contributed by atoms with Gasteiger partial charge in [0.15, 0.2) is 11.4 Å². The quantitative estimate of drug-likeness (QED) is 0.392. The van der Waals surface area contributed by atoms with Gasteiger partial charge in [0.05, 0.1) is 17.5 Å². The van der Waals surface area contributed by atoms with Crippen LogP contribution < -0.4 is 5.73 Å². The van der Waals surface area contributed by atoms with E-state index < -0.39 is 23.3 Å². The number of primary amides is 1. The molecule has 30 heavy (non-hydrogen) atoms. The van der Waals surface area contributed by atoms with Crippen LogP contribution in [0.15, 0.2) is 60.9 Å². The molecule has 0 unspecified atom stereocenters. The predicted octanol–water partition coefficient (Wildman–Crippen LogP) is 3.63. The molecule has 2 heterocycles. The minimum atomic E-state index is -0.730. The zero-order chi connectivity index (χ0) is 21.3. The Morgan fingerprint density at radius 3 is 2.53 bits per heavy atom. The van der Waals surface area contributed by atoms with Gasteiger partial charge < -0.3 is 10.7 Å². The number of ketones is 1. The van der Waals surface area contributed by atoms with Crippen LogP contribution >= 0.6 is 0 Å². The number of rotatable bonds is 5. The summed E-state index contributed by atoms with van der Waals surface area (Å²) in [5.74, 6) is -2.36. The van der Waals surface area contributed by atoms with Gasteiger partial charge in [0.1, 0.15) is 17.2 Å². The number of aromatic nitrogens is 3. The molecule has 0 bridgehead atoms. The molecule has 3 N–H and O–H groups in total. The van der Waals surface area contributed by atoms with Gasteiger partial charge in [-0.1, -0.05) is 6.07 Å². The average molecular weight is 404 g/mol.